The number of Topliss-reactive ketones (excluding diaryl/α,β-unsaturated/α-hetero) is 1. The molecule has 1 aromatic carbocycles. The number of nitrogens with zero attached hydrogens (tertiary/aromatic N) is 1. The van der Waals surface area contributed by atoms with Crippen molar-refractivity contribution in [3.05, 3.63) is 41.7 Å². The molecule has 1 aromatic heterocycles. The Kier molecular flexibility index (Phi) is 3.98. The second-order valence-electron chi connectivity index (χ2n) is 4.42. The summed E-state index contributed by atoms with van der Waals surface area (Å²) < 4.78 is 11.8. The van der Waals surface area contributed by atoms with E-state index in [0.717, 1.165) is 0 Å². The maximum atomic E-state index is 11.5. The van der Waals surface area contributed by atoms with Gasteiger partial charge in [0.2, 0.25) is 0 Å². The van der Waals surface area contributed by atoms with Crippen LogP contribution in [0.15, 0.2) is 30.5 Å². The van der Waals surface area contributed by atoms with Crippen LogP contribution in [0.4, 0.5) is 0 Å². The van der Waals surface area contributed by atoms with Gasteiger partial charge in [0, 0.05) is 30.0 Å². The average Bonchev–Trinajstić information content (AvgIpc) is 2.92. The summed E-state index contributed by atoms with van der Waals surface area (Å²) in [5, 5.41) is 9.28. The summed E-state index contributed by atoms with van der Waals surface area (Å²) in [6.45, 7) is 1.39. The highest BCUT2D eigenvalue weighted by atomic mass is 16.5. The Balaban J connectivity index is 2.65. The first kappa shape index (κ1) is 14.6. The molecule has 2 aromatic rings. The molecule has 0 unspecified atom stereocenters. The summed E-state index contributed by atoms with van der Waals surface area (Å²) in [5.74, 6) is -0.270. The Morgan fingerprint density at radius 3 is 2.05 bits per heavy atom. The van der Waals surface area contributed by atoms with Crippen molar-refractivity contribution in [2.45, 2.75) is 6.92 Å². The maximum Gasteiger partial charge on any atom is 0.352 e. The summed E-state index contributed by atoms with van der Waals surface area (Å²) in [7, 11) is 3.01. The number of carbonyl (C=O) groups is 2. The molecule has 6 nitrogen and oxygen atoms in total. The van der Waals surface area contributed by atoms with Crippen LogP contribution < -0.4 is 9.47 Å². The van der Waals surface area contributed by atoms with Crippen molar-refractivity contribution in [1.29, 1.82) is 0 Å². The molecule has 0 saturated heterocycles. The minimum atomic E-state index is -1.12. The number of benzene rings is 1. The Morgan fingerprint density at radius 1 is 1.05 bits per heavy atom. The fraction of sp³-hybridized carbons (Fsp3) is 0.200. The zero-order valence-electron chi connectivity index (χ0n) is 11.9. The van der Waals surface area contributed by atoms with Gasteiger partial charge in [0.25, 0.3) is 0 Å². The van der Waals surface area contributed by atoms with E-state index in [1.807, 2.05) is 0 Å². The van der Waals surface area contributed by atoms with Gasteiger partial charge in [-0.25, -0.2) is 4.79 Å². The van der Waals surface area contributed by atoms with Gasteiger partial charge >= 0.3 is 5.97 Å². The number of aromatic carboxylic acids is 1. The molecule has 21 heavy (non-hydrogen) atoms. The second-order valence-corrected chi connectivity index (χ2v) is 4.42. The fourth-order valence-corrected chi connectivity index (χ4v) is 1.97. The molecular weight excluding hydrogens is 274 g/mol. The van der Waals surface area contributed by atoms with Crippen molar-refractivity contribution in [2.24, 2.45) is 0 Å². The van der Waals surface area contributed by atoms with Crippen molar-refractivity contribution >= 4 is 11.8 Å². The van der Waals surface area contributed by atoms with Crippen LogP contribution >= 0.6 is 0 Å². The highest BCUT2D eigenvalue weighted by molar-refractivity contribution is 5.97. The number of carboxylic acids is 1. The van der Waals surface area contributed by atoms with Crippen molar-refractivity contribution in [2.75, 3.05) is 14.2 Å². The Bertz CT molecular complexity index is 680. The van der Waals surface area contributed by atoms with E-state index < -0.39 is 5.97 Å². The highest BCUT2D eigenvalue weighted by Crippen LogP contribution is 2.27. The molecular formula is C15H15NO5. The fourth-order valence-electron chi connectivity index (χ4n) is 1.97. The van der Waals surface area contributed by atoms with Gasteiger partial charge < -0.3 is 19.1 Å². The van der Waals surface area contributed by atoms with Crippen LogP contribution in [0.25, 0.3) is 5.69 Å². The second kappa shape index (κ2) is 5.70. The molecule has 110 valence electrons. The SMILES string of the molecule is COc1cc(OC)cc(-n2cc(C(C)=O)cc2C(=O)O)c1. The predicted octanol–water partition coefficient (Wildman–Crippen LogP) is 2.40. The van der Waals surface area contributed by atoms with Gasteiger partial charge in [0.15, 0.2) is 5.78 Å². The first-order valence-electron chi connectivity index (χ1n) is 6.16. The monoisotopic (exact) mass is 289 g/mol. The van der Waals surface area contributed by atoms with Gasteiger partial charge in [0.1, 0.15) is 17.2 Å². The van der Waals surface area contributed by atoms with E-state index in [1.54, 1.807) is 18.2 Å². The topological polar surface area (TPSA) is 77.8 Å². The molecule has 0 spiro atoms. The molecule has 0 atom stereocenters. The third kappa shape index (κ3) is 2.89. The van der Waals surface area contributed by atoms with Gasteiger partial charge in [-0.3, -0.25) is 4.79 Å². The minimum absolute atomic E-state index is 0.00416. The predicted molar refractivity (Wildman–Crippen MR) is 75.8 cm³/mol. The van der Waals surface area contributed by atoms with E-state index in [2.05, 4.69) is 0 Å². The summed E-state index contributed by atoms with van der Waals surface area (Å²) in [6.07, 6.45) is 1.49. The Hall–Kier alpha value is -2.76. The van der Waals surface area contributed by atoms with E-state index in [4.69, 9.17) is 9.47 Å². The molecule has 0 bridgehead atoms. The lowest BCUT2D eigenvalue weighted by atomic mass is 10.2. The van der Waals surface area contributed by atoms with E-state index in [9.17, 15) is 14.7 Å². The van der Waals surface area contributed by atoms with Crippen LogP contribution in [-0.4, -0.2) is 35.6 Å². The smallest absolute Gasteiger partial charge is 0.352 e. The van der Waals surface area contributed by atoms with E-state index in [-0.39, 0.29) is 11.5 Å². The number of methoxy groups -OCH3 is 2. The summed E-state index contributed by atoms with van der Waals surface area (Å²) >= 11 is 0. The minimum Gasteiger partial charge on any atom is -0.497 e. The maximum absolute atomic E-state index is 11.5. The zero-order chi connectivity index (χ0) is 15.6. The van der Waals surface area contributed by atoms with E-state index in [0.29, 0.717) is 22.7 Å². The first-order chi connectivity index (χ1) is 9.96. The van der Waals surface area contributed by atoms with Crippen molar-refractivity contribution in [3.8, 4) is 17.2 Å². The third-order valence-electron chi connectivity index (χ3n) is 3.06. The molecule has 0 saturated carbocycles. The van der Waals surface area contributed by atoms with Crippen LogP contribution in [0.5, 0.6) is 11.5 Å². The zero-order valence-corrected chi connectivity index (χ0v) is 11.9. The highest BCUT2D eigenvalue weighted by Gasteiger charge is 2.17. The molecule has 0 aliphatic heterocycles. The number of hydrogen-bond donors (Lipinski definition) is 1. The number of ether oxygens (including phenoxy) is 2. The lowest BCUT2D eigenvalue weighted by molar-refractivity contribution is 0.0688. The van der Waals surface area contributed by atoms with Crippen molar-refractivity contribution < 1.29 is 24.2 Å². The van der Waals surface area contributed by atoms with E-state index in [1.165, 1.54) is 38.0 Å². The average molecular weight is 289 g/mol. The summed E-state index contributed by atoms with van der Waals surface area (Å²) in [6, 6.07) is 6.35. The molecule has 0 aliphatic rings. The van der Waals surface area contributed by atoms with Gasteiger partial charge in [-0.05, 0) is 13.0 Å². The normalized spacial score (nSPS) is 10.2. The van der Waals surface area contributed by atoms with Crippen molar-refractivity contribution in [1.82, 2.24) is 4.57 Å². The molecule has 0 radical (unpaired) electrons. The van der Waals surface area contributed by atoms with Crippen LogP contribution in [0, 0.1) is 0 Å². The molecule has 1 heterocycles. The number of aromatic nitrogens is 1. The quantitative estimate of drug-likeness (QED) is 0.855. The standard InChI is InChI=1S/C15H15NO5/c1-9(17)10-4-14(15(18)19)16(8-10)11-5-12(20-2)7-13(6-11)21-3/h4-8H,1-3H3,(H,18,19). The van der Waals surface area contributed by atoms with Crippen LogP contribution in [-0.2, 0) is 0 Å². The molecule has 0 fully saturated rings. The molecule has 2 rings (SSSR count). The van der Waals surface area contributed by atoms with Gasteiger partial charge in [-0.1, -0.05) is 0 Å². The Morgan fingerprint density at radius 2 is 1.62 bits per heavy atom. The van der Waals surface area contributed by atoms with Gasteiger partial charge in [0.05, 0.1) is 19.9 Å². The molecule has 0 amide bonds. The van der Waals surface area contributed by atoms with Gasteiger partial charge in [-0.2, -0.15) is 0 Å². The van der Waals surface area contributed by atoms with Crippen LogP contribution in [0.3, 0.4) is 0 Å². The van der Waals surface area contributed by atoms with Crippen LogP contribution in [0.1, 0.15) is 27.8 Å². The third-order valence-corrected chi connectivity index (χ3v) is 3.06. The summed E-state index contributed by atoms with van der Waals surface area (Å²) in [5.41, 5.74) is 0.862. The lowest BCUT2D eigenvalue weighted by Crippen LogP contribution is -2.06. The van der Waals surface area contributed by atoms with Gasteiger partial charge in [-0.15, -0.1) is 0 Å². The molecule has 0 aliphatic carbocycles. The van der Waals surface area contributed by atoms with Crippen LogP contribution in [0.2, 0.25) is 0 Å². The molecule has 1 N–H and O–H groups in total. The largest absolute Gasteiger partial charge is 0.497 e. The first-order valence-corrected chi connectivity index (χ1v) is 6.16. The van der Waals surface area contributed by atoms with Crippen molar-refractivity contribution in [3.63, 3.8) is 0 Å². The van der Waals surface area contributed by atoms with E-state index >= 15 is 0 Å². The number of carboxylic acid groups (broad SMARTS) is 1. The summed E-state index contributed by atoms with van der Waals surface area (Å²) in [4.78, 5) is 22.8. The Labute approximate surface area is 121 Å². The number of hydrogen-bond acceptors (Lipinski definition) is 4. The molecule has 6 heteroatoms. The lowest BCUT2D eigenvalue weighted by Gasteiger charge is -2.11. The number of ketones is 1. The number of carbonyl (C=O) groups excluding carboxylic acids is 1. The number of rotatable bonds is 5.